The van der Waals surface area contributed by atoms with Gasteiger partial charge in [-0.3, -0.25) is 14.4 Å². The summed E-state index contributed by atoms with van der Waals surface area (Å²) in [5, 5.41) is 9.25. The second-order valence-electron chi connectivity index (χ2n) is 8.30. The van der Waals surface area contributed by atoms with Gasteiger partial charge in [-0.05, 0) is 74.4 Å². The number of amides is 3. The molecule has 0 atom stereocenters. The van der Waals surface area contributed by atoms with Gasteiger partial charge in [-0.15, -0.1) is 0 Å². The molecule has 0 radical (unpaired) electrons. The summed E-state index contributed by atoms with van der Waals surface area (Å²) in [6, 6.07) is 15.3. The van der Waals surface area contributed by atoms with Crippen molar-refractivity contribution < 1.29 is 28.6 Å². The van der Waals surface area contributed by atoms with Crippen molar-refractivity contribution in [3.8, 4) is 17.2 Å². The third-order valence-electron chi connectivity index (χ3n) is 5.27. The molecule has 3 amide bonds. The Balaban J connectivity index is 1.60. The minimum absolute atomic E-state index is 0.172. The highest BCUT2D eigenvalue weighted by atomic mass is 35.5. The van der Waals surface area contributed by atoms with Gasteiger partial charge < -0.3 is 24.8 Å². The van der Waals surface area contributed by atoms with E-state index >= 15 is 0 Å². The second kappa shape index (κ2) is 13.8. The zero-order chi connectivity index (χ0) is 28.4. The number of nitrogens with zero attached hydrogens (tertiary/aromatic N) is 1. The van der Waals surface area contributed by atoms with Crippen molar-refractivity contribution in [2.24, 2.45) is 5.10 Å². The fourth-order valence-electron chi connectivity index (χ4n) is 3.42. The van der Waals surface area contributed by atoms with Gasteiger partial charge in [-0.1, -0.05) is 29.3 Å². The van der Waals surface area contributed by atoms with Crippen molar-refractivity contribution in [3.05, 3.63) is 76.3 Å². The topological polar surface area (TPSA) is 127 Å². The Morgan fingerprint density at radius 2 is 1.69 bits per heavy atom. The van der Waals surface area contributed by atoms with Crippen LogP contribution in [0.25, 0.3) is 0 Å². The molecule has 0 aliphatic carbocycles. The number of hydrogen-bond donors (Lipinski definition) is 3. The number of carbonyl (C=O) groups is 3. The highest BCUT2D eigenvalue weighted by molar-refractivity contribution is 6.39. The number of carbonyl (C=O) groups excluding carboxylic acids is 3. The SMILES string of the molecule is CCOc1cc(/C=N\NC(=O)C(=O)Nc2ccc(OC)cc2)cc(Cl)c1OCC(=O)Nc1ccc(C)cc1C. The molecule has 0 heterocycles. The summed E-state index contributed by atoms with van der Waals surface area (Å²) in [7, 11) is 1.52. The van der Waals surface area contributed by atoms with Crippen molar-refractivity contribution in [2.75, 3.05) is 31.0 Å². The summed E-state index contributed by atoms with van der Waals surface area (Å²) in [4.78, 5) is 36.7. The number of rotatable bonds is 10. The quantitative estimate of drug-likeness (QED) is 0.193. The molecule has 0 aliphatic rings. The van der Waals surface area contributed by atoms with E-state index in [1.54, 1.807) is 37.3 Å². The van der Waals surface area contributed by atoms with Crippen LogP contribution in [-0.2, 0) is 14.4 Å². The average Bonchev–Trinajstić information content (AvgIpc) is 2.90. The van der Waals surface area contributed by atoms with E-state index in [9.17, 15) is 14.4 Å². The largest absolute Gasteiger partial charge is 0.497 e. The van der Waals surface area contributed by atoms with E-state index in [4.69, 9.17) is 25.8 Å². The third kappa shape index (κ3) is 8.47. The van der Waals surface area contributed by atoms with Crippen LogP contribution in [-0.4, -0.2) is 44.3 Å². The van der Waals surface area contributed by atoms with Crippen LogP contribution in [0.4, 0.5) is 11.4 Å². The first-order chi connectivity index (χ1) is 18.7. The lowest BCUT2D eigenvalue weighted by Crippen LogP contribution is -2.32. The zero-order valence-corrected chi connectivity index (χ0v) is 22.7. The number of anilines is 2. The van der Waals surface area contributed by atoms with Gasteiger partial charge in [0.15, 0.2) is 18.1 Å². The first-order valence-electron chi connectivity index (χ1n) is 11.9. The van der Waals surface area contributed by atoms with E-state index in [1.165, 1.54) is 19.4 Å². The van der Waals surface area contributed by atoms with Crippen molar-refractivity contribution in [1.82, 2.24) is 5.43 Å². The van der Waals surface area contributed by atoms with E-state index in [2.05, 4.69) is 21.2 Å². The van der Waals surface area contributed by atoms with Gasteiger partial charge in [0.25, 0.3) is 5.91 Å². The Bertz CT molecular complexity index is 1380. The molecule has 0 aliphatic heterocycles. The Labute approximate surface area is 231 Å². The fourth-order valence-corrected chi connectivity index (χ4v) is 3.70. The normalized spacial score (nSPS) is 10.6. The second-order valence-corrected chi connectivity index (χ2v) is 8.71. The standard InChI is InChI=1S/C28H29ClN4O6/c1-5-38-24-14-19(15-30-33-28(36)27(35)31-20-7-9-21(37-4)10-8-20)13-22(29)26(24)39-16-25(34)32-23-11-6-17(2)12-18(23)3/h6-15H,5,16H2,1-4H3,(H,31,35)(H,32,34)(H,33,36)/b30-15-. The maximum Gasteiger partial charge on any atom is 0.329 e. The average molecular weight is 553 g/mol. The zero-order valence-electron chi connectivity index (χ0n) is 22.0. The lowest BCUT2D eigenvalue weighted by Gasteiger charge is -2.15. The molecular formula is C28H29ClN4O6. The maximum atomic E-state index is 12.5. The van der Waals surface area contributed by atoms with E-state index in [0.717, 1.165) is 11.1 Å². The Kier molecular flexibility index (Phi) is 10.3. The van der Waals surface area contributed by atoms with Gasteiger partial charge >= 0.3 is 11.8 Å². The number of aryl methyl sites for hydroxylation is 2. The van der Waals surface area contributed by atoms with Crippen LogP contribution in [0, 0.1) is 13.8 Å². The molecule has 3 aromatic carbocycles. The molecule has 0 saturated heterocycles. The molecule has 0 unspecified atom stereocenters. The highest BCUT2D eigenvalue weighted by Crippen LogP contribution is 2.36. The van der Waals surface area contributed by atoms with Gasteiger partial charge in [0, 0.05) is 11.4 Å². The molecular weight excluding hydrogens is 524 g/mol. The van der Waals surface area contributed by atoms with Crippen LogP contribution in [0.1, 0.15) is 23.6 Å². The highest BCUT2D eigenvalue weighted by Gasteiger charge is 2.16. The molecule has 0 spiro atoms. The lowest BCUT2D eigenvalue weighted by molar-refractivity contribution is -0.136. The molecule has 204 valence electrons. The summed E-state index contributed by atoms with van der Waals surface area (Å²) in [5.41, 5.74) is 5.76. The van der Waals surface area contributed by atoms with Gasteiger partial charge in [0.05, 0.1) is 25.0 Å². The van der Waals surface area contributed by atoms with Crippen LogP contribution >= 0.6 is 11.6 Å². The molecule has 0 bridgehead atoms. The van der Waals surface area contributed by atoms with Crippen LogP contribution in [0.15, 0.2) is 59.7 Å². The summed E-state index contributed by atoms with van der Waals surface area (Å²) in [6.07, 6.45) is 1.30. The van der Waals surface area contributed by atoms with E-state index in [0.29, 0.717) is 29.3 Å². The number of hydrazone groups is 1. The van der Waals surface area contributed by atoms with Gasteiger partial charge in [0.1, 0.15) is 5.75 Å². The van der Waals surface area contributed by atoms with Crippen LogP contribution in [0.2, 0.25) is 5.02 Å². The number of methoxy groups -OCH3 is 1. The van der Waals surface area contributed by atoms with E-state index < -0.39 is 11.8 Å². The molecule has 0 saturated carbocycles. The number of nitrogens with one attached hydrogen (secondary N) is 3. The summed E-state index contributed by atoms with van der Waals surface area (Å²) < 4.78 is 16.4. The first kappa shape index (κ1) is 29.0. The fraction of sp³-hybridized carbons (Fsp3) is 0.214. The molecule has 3 aromatic rings. The Hall–Kier alpha value is -4.57. The molecule has 3 N–H and O–H groups in total. The predicted octanol–water partition coefficient (Wildman–Crippen LogP) is 4.47. The van der Waals surface area contributed by atoms with Crippen LogP contribution in [0.5, 0.6) is 17.2 Å². The molecule has 0 fully saturated rings. The molecule has 10 nitrogen and oxygen atoms in total. The van der Waals surface area contributed by atoms with E-state index in [1.807, 2.05) is 32.0 Å². The van der Waals surface area contributed by atoms with Crippen LogP contribution < -0.4 is 30.3 Å². The van der Waals surface area contributed by atoms with Gasteiger partial charge in [0.2, 0.25) is 0 Å². The van der Waals surface area contributed by atoms with Crippen molar-refractivity contribution in [1.29, 1.82) is 0 Å². The number of halogens is 1. The first-order valence-corrected chi connectivity index (χ1v) is 12.3. The molecule has 11 heteroatoms. The summed E-state index contributed by atoms with van der Waals surface area (Å²) in [5.74, 6) is -1.13. The van der Waals surface area contributed by atoms with Gasteiger partial charge in [-0.25, -0.2) is 5.43 Å². The molecule has 3 rings (SSSR count). The smallest absolute Gasteiger partial charge is 0.329 e. The minimum Gasteiger partial charge on any atom is -0.497 e. The lowest BCUT2D eigenvalue weighted by atomic mass is 10.1. The van der Waals surface area contributed by atoms with Crippen molar-refractivity contribution >= 4 is 46.9 Å². The molecule has 0 aromatic heterocycles. The van der Waals surface area contributed by atoms with Crippen molar-refractivity contribution in [2.45, 2.75) is 20.8 Å². The summed E-state index contributed by atoms with van der Waals surface area (Å²) in [6.45, 7) is 5.68. The van der Waals surface area contributed by atoms with Crippen molar-refractivity contribution in [3.63, 3.8) is 0 Å². The number of hydrogen-bond acceptors (Lipinski definition) is 7. The Morgan fingerprint density at radius 1 is 0.949 bits per heavy atom. The monoisotopic (exact) mass is 552 g/mol. The molecule has 39 heavy (non-hydrogen) atoms. The number of benzene rings is 3. The number of ether oxygens (including phenoxy) is 3. The Morgan fingerprint density at radius 3 is 2.36 bits per heavy atom. The van der Waals surface area contributed by atoms with Gasteiger partial charge in [-0.2, -0.15) is 5.10 Å². The van der Waals surface area contributed by atoms with Crippen LogP contribution in [0.3, 0.4) is 0 Å². The van der Waals surface area contributed by atoms with E-state index in [-0.39, 0.29) is 29.0 Å². The maximum absolute atomic E-state index is 12.5. The predicted molar refractivity (Wildman–Crippen MR) is 150 cm³/mol. The minimum atomic E-state index is -0.965. The summed E-state index contributed by atoms with van der Waals surface area (Å²) >= 11 is 6.40. The third-order valence-corrected chi connectivity index (χ3v) is 5.55.